The lowest BCUT2D eigenvalue weighted by molar-refractivity contribution is 0.0697. The molecule has 20 heavy (non-hydrogen) atoms. The van der Waals surface area contributed by atoms with E-state index in [0.717, 1.165) is 5.75 Å². The number of aromatic carboxylic acids is 1. The highest BCUT2D eigenvalue weighted by Crippen LogP contribution is 2.22. The number of nitrogens with zero attached hydrogens (tertiary/aromatic N) is 1. The van der Waals surface area contributed by atoms with Crippen molar-refractivity contribution in [3.8, 4) is 0 Å². The average molecular weight is 359 g/mol. The van der Waals surface area contributed by atoms with Crippen LogP contribution in [0, 0.1) is 0 Å². The largest absolute Gasteiger partial charge is 0.478 e. The number of urea groups is 1. The molecule has 1 aliphatic heterocycles. The van der Waals surface area contributed by atoms with E-state index < -0.39 is 5.97 Å². The fraction of sp³-hybridized carbons (Fsp3) is 0.385. The van der Waals surface area contributed by atoms with Crippen molar-refractivity contribution < 1.29 is 14.7 Å². The highest BCUT2D eigenvalue weighted by atomic mass is 79.9. The van der Waals surface area contributed by atoms with Crippen LogP contribution < -0.4 is 5.32 Å². The lowest BCUT2D eigenvalue weighted by atomic mass is 10.2. The number of benzene rings is 1. The van der Waals surface area contributed by atoms with Gasteiger partial charge in [0.15, 0.2) is 0 Å². The number of carbonyl (C=O) groups is 2. The summed E-state index contributed by atoms with van der Waals surface area (Å²) in [5.41, 5.74) is 0.616. The minimum absolute atomic E-state index is 0.136. The van der Waals surface area contributed by atoms with Gasteiger partial charge in [-0.25, -0.2) is 9.59 Å². The van der Waals surface area contributed by atoms with Crippen molar-refractivity contribution in [3.63, 3.8) is 0 Å². The second kappa shape index (κ2) is 6.49. The first-order chi connectivity index (χ1) is 9.45. The van der Waals surface area contributed by atoms with Gasteiger partial charge in [0.05, 0.1) is 5.56 Å². The van der Waals surface area contributed by atoms with Crippen molar-refractivity contribution in [2.24, 2.45) is 0 Å². The molecule has 0 aliphatic carbocycles. The molecule has 7 heteroatoms. The lowest BCUT2D eigenvalue weighted by Crippen LogP contribution is -2.43. The summed E-state index contributed by atoms with van der Waals surface area (Å²) in [6, 6.07) is 4.45. The van der Waals surface area contributed by atoms with Crippen LogP contribution in [0.15, 0.2) is 22.7 Å². The molecule has 1 aromatic rings. The maximum Gasteiger partial charge on any atom is 0.335 e. The molecule has 0 radical (unpaired) electrons. The van der Waals surface area contributed by atoms with E-state index >= 15 is 0 Å². The van der Waals surface area contributed by atoms with Crippen LogP contribution in [0.25, 0.3) is 0 Å². The number of anilines is 1. The SMILES string of the molecule is CC1CN(C(=O)Nc2cc(Br)cc(C(=O)O)c2)CCS1. The zero-order chi connectivity index (χ0) is 14.7. The van der Waals surface area contributed by atoms with Crippen LogP contribution in [0.2, 0.25) is 0 Å². The van der Waals surface area contributed by atoms with Gasteiger partial charge in [0.2, 0.25) is 0 Å². The maximum absolute atomic E-state index is 12.1. The predicted molar refractivity (Wildman–Crippen MR) is 83.6 cm³/mol. The van der Waals surface area contributed by atoms with Crippen LogP contribution in [0.1, 0.15) is 17.3 Å². The zero-order valence-corrected chi connectivity index (χ0v) is 13.3. The van der Waals surface area contributed by atoms with E-state index in [2.05, 4.69) is 28.2 Å². The summed E-state index contributed by atoms with van der Waals surface area (Å²) in [4.78, 5) is 24.9. The first-order valence-corrected chi connectivity index (χ1v) is 8.01. The fourth-order valence-electron chi connectivity index (χ4n) is 1.99. The number of amides is 2. The minimum Gasteiger partial charge on any atom is -0.478 e. The molecule has 5 nitrogen and oxygen atoms in total. The highest BCUT2D eigenvalue weighted by Gasteiger charge is 2.21. The third-order valence-electron chi connectivity index (χ3n) is 2.92. The van der Waals surface area contributed by atoms with E-state index in [-0.39, 0.29) is 11.6 Å². The summed E-state index contributed by atoms with van der Waals surface area (Å²) >= 11 is 5.09. The second-order valence-electron chi connectivity index (χ2n) is 4.59. The Morgan fingerprint density at radius 1 is 1.45 bits per heavy atom. The molecule has 0 spiro atoms. The number of carboxylic acid groups (broad SMARTS) is 1. The monoisotopic (exact) mass is 358 g/mol. The van der Waals surface area contributed by atoms with Crippen molar-refractivity contribution in [2.45, 2.75) is 12.2 Å². The molecule has 1 atom stereocenters. The summed E-state index contributed by atoms with van der Waals surface area (Å²) in [7, 11) is 0. The number of carboxylic acids is 1. The Hall–Kier alpha value is -1.21. The number of halogens is 1. The van der Waals surface area contributed by atoms with Crippen LogP contribution in [0.4, 0.5) is 10.5 Å². The van der Waals surface area contributed by atoms with Gasteiger partial charge < -0.3 is 15.3 Å². The maximum atomic E-state index is 12.1. The number of nitrogens with one attached hydrogen (secondary N) is 1. The van der Waals surface area contributed by atoms with Crippen molar-refractivity contribution in [2.75, 3.05) is 24.2 Å². The summed E-state index contributed by atoms with van der Waals surface area (Å²) in [6.07, 6.45) is 0. The molecule has 1 aliphatic rings. The highest BCUT2D eigenvalue weighted by molar-refractivity contribution is 9.10. The standard InChI is InChI=1S/C13H15BrN2O3S/c1-8-7-16(2-3-20-8)13(19)15-11-5-9(12(17)18)4-10(14)6-11/h4-6,8H,2-3,7H2,1H3,(H,15,19)(H,17,18). The second-order valence-corrected chi connectivity index (χ2v) is 7.05. The first kappa shape index (κ1) is 15.2. The smallest absolute Gasteiger partial charge is 0.335 e. The van der Waals surface area contributed by atoms with Gasteiger partial charge in [0.25, 0.3) is 0 Å². The Balaban J connectivity index is 2.09. The molecule has 1 saturated heterocycles. The molecule has 1 unspecified atom stereocenters. The Kier molecular flexibility index (Phi) is 4.93. The molecule has 0 aromatic heterocycles. The van der Waals surface area contributed by atoms with Gasteiger partial charge in [0, 0.05) is 34.3 Å². The predicted octanol–water partition coefficient (Wildman–Crippen LogP) is 3.12. The molecule has 2 N–H and O–H groups in total. The molecule has 0 bridgehead atoms. The number of thioether (sulfide) groups is 1. The number of hydrogen-bond donors (Lipinski definition) is 2. The van der Waals surface area contributed by atoms with E-state index in [0.29, 0.717) is 28.5 Å². The lowest BCUT2D eigenvalue weighted by Gasteiger charge is -2.30. The summed E-state index contributed by atoms with van der Waals surface area (Å²) in [5, 5.41) is 12.2. The van der Waals surface area contributed by atoms with Crippen LogP contribution in [-0.2, 0) is 0 Å². The fourth-order valence-corrected chi connectivity index (χ4v) is 3.50. The zero-order valence-electron chi connectivity index (χ0n) is 10.9. The summed E-state index contributed by atoms with van der Waals surface area (Å²) in [6.45, 7) is 3.50. The van der Waals surface area contributed by atoms with Gasteiger partial charge in [-0.05, 0) is 18.2 Å². The van der Waals surface area contributed by atoms with Gasteiger partial charge >= 0.3 is 12.0 Å². The van der Waals surface area contributed by atoms with Crippen LogP contribution in [-0.4, -0.2) is 46.1 Å². The number of carbonyl (C=O) groups excluding carboxylic acids is 1. The molecule has 1 heterocycles. The molecule has 108 valence electrons. The van der Waals surface area contributed by atoms with E-state index in [4.69, 9.17) is 5.11 Å². The van der Waals surface area contributed by atoms with Crippen LogP contribution in [0.3, 0.4) is 0 Å². The minimum atomic E-state index is -1.02. The van der Waals surface area contributed by atoms with Gasteiger partial charge in [0.1, 0.15) is 0 Å². The van der Waals surface area contributed by atoms with E-state index in [1.165, 1.54) is 12.1 Å². The quantitative estimate of drug-likeness (QED) is 0.851. The third-order valence-corrected chi connectivity index (χ3v) is 4.52. The molecule has 2 amide bonds. The van der Waals surface area contributed by atoms with E-state index in [1.54, 1.807) is 11.0 Å². The normalized spacial score (nSPS) is 18.7. The topological polar surface area (TPSA) is 69.6 Å². The molecular weight excluding hydrogens is 344 g/mol. The number of rotatable bonds is 2. The van der Waals surface area contributed by atoms with Crippen molar-refractivity contribution in [1.29, 1.82) is 0 Å². The van der Waals surface area contributed by atoms with Gasteiger partial charge in [-0.1, -0.05) is 22.9 Å². The summed E-state index contributed by atoms with van der Waals surface area (Å²) in [5.74, 6) is -0.0993. The van der Waals surface area contributed by atoms with Crippen LogP contribution in [0.5, 0.6) is 0 Å². The number of hydrogen-bond acceptors (Lipinski definition) is 3. The van der Waals surface area contributed by atoms with Gasteiger partial charge in [-0.15, -0.1) is 0 Å². The molecule has 1 aromatic carbocycles. The van der Waals surface area contributed by atoms with E-state index in [9.17, 15) is 9.59 Å². The van der Waals surface area contributed by atoms with Crippen molar-refractivity contribution in [3.05, 3.63) is 28.2 Å². The Morgan fingerprint density at radius 2 is 2.20 bits per heavy atom. The van der Waals surface area contributed by atoms with Gasteiger partial charge in [-0.2, -0.15) is 11.8 Å². The van der Waals surface area contributed by atoms with Crippen molar-refractivity contribution in [1.82, 2.24) is 4.90 Å². The van der Waals surface area contributed by atoms with Crippen molar-refractivity contribution >= 4 is 45.4 Å². The van der Waals surface area contributed by atoms with Gasteiger partial charge in [-0.3, -0.25) is 0 Å². The van der Waals surface area contributed by atoms with E-state index in [1.807, 2.05) is 11.8 Å². The van der Waals surface area contributed by atoms with Crippen LogP contribution >= 0.6 is 27.7 Å². The molecular formula is C13H15BrN2O3S. The Labute approximate surface area is 129 Å². The molecule has 1 fully saturated rings. The molecule has 2 rings (SSSR count). The Bertz CT molecular complexity index is 538. The third kappa shape index (κ3) is 3.89. The average Bonchev–Trinajstić information content (AvgIpc) is 2.37. The first-order valence-electron chi connectivity index (χ1n) is 6.17. The molecule has 0 saturated carbocycles. The summed E-state index contributed by atoms with van der Waals surface area (Å²) < 4.78 is 0.621. The Morgan fingerprint density at radius 3 is 2.85 bits per heavy atom.